The molecule has 114 valence electrons. The standard InChI is InChI=1S/C17H17FN2O2/c18-13-3-1-12(2-4-13)11-22-16-7-5-15(6-8-16)20-10-14(19)9-17(20)21/h1-8,14H,9-11,19H2/t14-/m0/s1. The van der Waals surface area contributed by atoms with Crippen LogP contribution in [0.25, 0.3) is 0 Å². The van der Waals surface area contributed by atoms with E-state index in [2.05, 4.69) is 0 Å². The molecule has 1 fully saturated rings. The fraction of sp³-hybridized carbons (Fsp3) is 0.235. The molecule has 3 rings (SSSR count). The van der Waals surface area contributed by atoms with E-state index in [1.165, 1.54) is 12.1 Å². The monoisotopic (exact) mass is 300 g/mol. The second-order valence-corrected chi connectivity index (χ2v) is 5.38. The topological polar surface area (TPSA) is 55.6 Å². The number of hydrogen-bond donors (Lipinski definition) is 1. The van der Waals surface area contributed by atoms with E-state index >= 15 is 0 Å². The summed E-state index contributed by atoms with van der Waals surface area (Å²) in [6, 6.07) is 13.4. The number of amides is 1. The van der Waals surface area contributed by atoms with Crippen LogP contribution in [0.2, 0.25) is 0 Å². The molecular formula is C17H17FN2O2. The van der Waals surface area contributed by atoms with Crippen molar-refractivity contribution in [3.8, 4) is 5.75 Å². The summed E-state index contributed by atoms with van der Waals surface area (Å²) in [6.07, 6.45) is 0.392. The predicted octanol–water partition coefficient (Wildman–Crippen LogP) is 2.47. The van der Waals surface area contributed by atoms with Gasteiger partial charge in [0.25, 0.3) is 0 Å². The van der Waals surface area contributed by atoms with Crippen molar-refractivity contribution in [3.05, 3.63) is 59.9 Å². The van der Waals surface area contributed by atoms with Crippen LogP contribution in [0.4, 0.5) is 10.1 Å². The lowest BCUT2D eigenvalue weighted by Gasteiger charge is -2.16. The largest absolute Gasteiger partial charge is 0.489 e. The van der Waals surface area contributed by atoms with Gasteiger partial charge in [-0.3, -0.25) is 4.79 Å². The zero-order valence-corrected chi connectivity index (χ0v) is 12.0. The first-order valence-electron chi connectivity index (χ1n) is 7.15. The number of halogens is 1. The second kappa shape index (κ2) is 6.15. The van der Waals surface area contributed by atoms with Crippen molar-refractivity contribution < 1.29 is 13.9 Å². The smallest absolute Gasteiger partial charge is 0.228 e. The third-order valence-corrected chi connectivity index (χ3v) is 3.62. The summed E-state index contributed by atoms with van der Waals surface area (Å²) in [5.41, 5.74) is 7.51. The van der Waals surface area contributed by atoms with Gasteiger partial charge in [-0.25, -0.2) is 4.39 Å². The highest BCUT2D eigenvalue weighted by Crippen LogP contribution is 2.24. The van der Waals surface area contributed by atoms with Crippen molar-refractivity contribution in [1.82, 2.24) is 0 Å². The molecule has 0 aliphatic carbocycles. The van der Waals surface area contributed by atoms with Crippen molar-refractivity contribution in [3.63, 3.8) is 0 Å². The van der Waals surface area contributed by atoms with Gasteiger partial charge < -0.3 is 15.4 Å². The Labute approximate surface area is 128 Å². The predicted molar refractivity (Wildman–Crippen MR) is 82.1 cm³/mol. The highest BCUT2D eigenvalue weighted by molar-refractivity contribution is 5.96. The first-order valence-corrected chi connectivity index (χ1v) is 7.15. The quantitative estimate of drug-likeness (QED) is 0.943. The molecule has 0 spiro atoms. The molecule has 5 heteroatoms. The van der Waals surface area contributed by atoms with E-state index in [9.17, 15) is 9.18 Å². The van der Waals surface area contributed by atoms with E-state index in [1.807, 2.05) is 24.3 Å². The number of nitrogens with two attached hydrogens (primary N) is 1. The number of benzene rings is 2. The Bertz CT molecular complexity index is 655. The maximum Gasteiger partial charge on any atom is 0.228 e. The molecule has 2 N–H and O–H groups in total. The normalized spacial score (nSPS) is 17.8. The maximum atomic E-state index is 12.8. The SMILES string of the molecule is N[C@H]1CC(=O)N(c2ccc(OCc3ccc(F)cc3)cc2)C1. The molecule has 1 heterocycles. The van der Waals surface area contributed by atoms with Gasteiger partial charge in [-0.1, -0.05) is 12.1 Å². The number of anilines is 1. The number of rotatable bonds is 4. The molecular weight excluding hydrogens is 283 g/mol. The van der Waals surface area contributed by atoms with Gasteiger partial charge >= 0.3 is 0 Å². The van der Waals surface area contributed by atoms with Crippen LogP contribution in [0, 0.1) is 5.82 Å². The Balaban J connectivity index is 1.62. The van der Waals surface area contributed by atoms with Crippen LogP contribution >= 0.6 is 0 Å². The van der Waals surface area contributed by atoms with Gasteiger partial charge in [-0.15, -0.1) is 0 Å². The van der Waals surface area contributed by atoms with E-state index in [1.54, 1.807) is 17.0 Å². The minimum absolute atomic E-state index is 0.0486. The van der Waals surface area contributed by atoms with Gasteiger partial charge in [0.05, 0.1) is 0 Å². The lowest BCUT2D eigenvalue weighted by atomic mass is 10.2. The van der Waals surface area contributed by atoms with E-state index < -0.39 is 0 Å². The highest BCUT2D eigenvalue weighted by Gasteiger charge is 2.27. The van der Waals surface area contributed by atoms with Gasteiger partial charge in [-0.2, -0.15) is 0 Å². The first-order chi connectivity index (χ1) is 10.6. The molecule has 1 aliphatic heterocycles. The summed E-state index contributed by atoms with van der Waals surface area (Å²) in [7, 11) is 0. The zero-order chi connectivity index (χ0) is 15.5. The van der Waals surface area contributed by atoms with Gasteiger partial charge in [0.2, 0.25) is 5.91 Å². The molecule has 0 aromatic heterocycles. The zero-order valence-electron chi connectivity index (χ0n) is 12.0. The molecule has 2 aromatic carbocycles. The van der Waals surface area contributed by atoms with E-state index in [4.69, 9.17) is 10.5 Å². The molecule has 0 radical (unpaired) electrons. The average molecular weight is 300 g/mol. The molecule has 1 atom stereocenters. The molecule has 0 bridgehead atoms. The number of carbonyl (C=O) groups excluding carboxylic acids is 1. The molecule has 0 saturated carbocycles. The average Bonchev–Trinajstić information content (AvgIpc) is 2.86. The lowest BCUT2D eigenvalue weighted by molar-refractivity contribution is -0.117. The molecule has 1 aliphatic rings. The summed E-state index contributed by atoms with van der Waals surface area (Å²) < 4.78 is 18.5. The summed E-state index contributed by atoms with van der Waals surface area (Å²) in [4.78, 5) is 13.5. The van der Waals surface area contributed by atoms with Crippen LogP contribution in [0.1, 0.15) is 12.0 Å². The van der Waals surface area contributed by atoms with Gasteiger partial charge in [-0.05, 0) is 42.0 Å². The highest BCUT2D eigenvalue weighted by atomic mass is 19.1. The number of carbonyl (C=O) groups is 1. The van der Waals surface area contributed by atoms with Crippen LogP contribution in [0.3, 0.4) is 0 Å². The van der Waals surface area contributed by atoms with Crippen LogP contribution < -0.4 is 15.4 Å². The van der Waals surface area contributed by atoms with Gasteiger partial charge in [0.1, 0.15) is 18.2 Å². The van der Waals surface area contributed by atoms with E-state index in [0.29, 0.717) is 25.3 Å². The Morgan fingerprint density at radius 2 is 1.82 bits per heavy atom. The molecule has 4 nitrogen and oxygen atoms in total. The number of ether oxygens (including phenoxy) is 1. The molecule has 2 aromatic rings. The maximum absolute atomic E-state index is 12.8. The Hall–Kier alpha value is -2.40. The van der Waals surface area contributed by atoms with Crippen LogP contribution in [-0.4, -0.2) is 18.5 Å². The minimum Gasteiger partial charge on any atom is -0.489 e. The Kier molecular flexibility index (Phi) is 4.06. The number of nitrogens with zero attached hydrogens (tertiary/aromatic N) is 1. The third kappa shape index (κ3) is 3.26. The Morgan fingerprint density at radius 3 is 2.41 bits per heavy atom. The fourth-order valence-electron chi connectivity index (χ4n) is 2.45. The van der Waals surface area contributed by atoms with E-state index in [0.717, 1.165) is 11.3 Å². The summed E-state index contributed by atoms with van der Waals surface area (Å²) in [5, 5.41) is 0. The molecule has 22 heavy (non-hydrogen) atoms. The summed E-state index contributed by atoms with van der Waals surface area (Å²) in [5.74, 6) is 0.484. The molecule has 0 unspecified atom stereocenters. The van der Waals surface area contributed by atoms with E-state index in [-0.39, 0.29) is 17.8 Å². The Morgan fingerprint density at radius 1 is 1.14 bits per heavy atom. The van der Waals surface area contributed by atoms with Crippen molar-refractivity contribution in [2.24, 2.45) is 5.73 Å². The van der Waals surface area contributed by atoms with Crippen LogP contribution in [-0.2, 0) is 11.4 Å². The van der Waals surface area contributed by atoms with Crippen molar-refractivity contribution >= 4 is 11.6 Å². The van der Waals surface area contributed by atoms with Crippen molar-refractivity contribution in [2.75, 3.05) is 11.4 Å². The number of hydrogen-bond acceptors (Lipinski definition) is 3. The lowest BCUT2D eigenvalue weighted by Crippen LogP contribution is -2.27. The fourth-order valence-corrected chi connectivity index (χ4v) is 2.45. The first kappa shape index (κ1) is 14.5. The minimum atomic E-state index is -0.262. The second-order valence-electron chi connectivity index (χ2n) is 5.38. The summed E-state index contributed by atoms with van der Waals surface area (Å²) in [6.45, 7) is 0.918. The van der Waals surface area contributed by atoms with Gasteiger partial charge in [0.15, 0.2) is 0 Å². The third-order valence-electron chi connectivity index (χ3n) is 3.62. The van der Waals surface area contributed by atoms with Gasteiger partial charge in [0, 0.05) is 24.7 Å². The molecule has 1 saturated heterocycles. The van der Waals surface area contributed by atoms with Crippen LogP contribution in [0.15, 0.2) is 48.5 Å². The molecule has 1 amide bonds. The van der Waals surface area contributed by atoms with Crippen molar-refractivity contribution in [2.45, 2.75) is 19.1 Å². The van der Waals surface area contributed by atoms with Crippen molar-refractivity contribution in [1.29, 1.82) is 0 Å². The van der Waals surface area contributed by atoms with Crippen LogP contribution in [0.5, 0.6) is 5.75 Å². The summed E-state index contributed by atoms with van der Waals surface area (Å²) >= 11 is 0.